The van der Waals surface area contributed by atoms with Crippen LogP contribution in [0.3, 0.4) is 0 Å². The van der Waals surface area contributed by atoms with Crippen molar-refractivity contribution < 1.29 is 23.6 Å². The summed E-state index contributed by atoms with van der Waals surface area (Å²) in [6.07, 6.45) is 0.460. The Bertz CT molecular complexity index is 238. The highest BCUT2D eigenvalue weighted by Gasteiger charge is 2.14. The molecule has 2 unspecified atom stereocenters. The summed E-state index contributed by atoms with van der Waals surface area (Å²) in [7, 11) is -1.67. The van der Waals surface area contributed by atoms with Crippen LogP contribution < -0.4 is 0 Å². The minimum atomic E-state index is -1.67. The van der Waals surface area contributed by atoms with Crippen LogP contribution in [-0.2, 0) is 25.1 Å². The summed E-state index contributed by atoms with van der Waals surface area (Å²) in [5.41, 5.74) is 0. The molecular weight excluding hydrogens is 208 g/mol. The number of carboxylic acid groups (broad SMARTS) is 1. The van der Waals surface area contributed by atoms with Crippen LogP contribution >= 0.6 is 0 Å². The van der Waals surface area contributed by atoms with Crippen molar-refractivity contribution in [1.29, 1.82) is 0 Å². The number of esters is 1. The number of carboxylic acids is 1. The van der Waals surface area contributed by atoms with Crippen molar-refractivity contribution in [2.24, 2.45) is 0 Å². The predicted molar refractivity (Wildman–Crippen MR) is 51.4 cm³/mol. The molecule has 0 aliphatic carbocycles. The molecule has 14 heavy (non-hydrogen) atoms. The molecule has 0 radical (unpaired) electrons. The zero-order chi connectivity index (χ0) is 11.1. The van der Waals surface area contributed by atoms with Crippen LogP contribution in [0, 0.1) is 0 Å². The van der Waals surface area contributed by atoms with Gasteiger partial charge < -0.3 is 9.84 Å². The second kappa shape index (κ2) is 6.53. The lowest BCUT2D eigenvalue weighted by Crippen LogP contribution is -2.22. The smallest absolute Gasteiger partial charge is 0.318 e. The van der Waals surface area contributed by atoms with E-state index < -0.39 is 28.5 Å². The zero-order valence-corrected chi connectivity index (χ0v) is 9.00. The lowest BCUT2D eigenvalue weighted by molar-refractivity contribution is -0.145. The fraction of sp³-hybridized carbons (Fsp3) is 0.750. The molecule has 0 bridgehead atoms. The van der Waals surface area contributed by atoms with Gasteiger partial charge in [0, 0.05) is 10.8 Å². The summed E-state index contributed by atoms with van der Waals surface area (Å²) in [5, 5.41) is 8.28. The normalized spacial score (nSPS) is 14.4. The number of aliphatic carboxylic acids is 1. The van der Waals surface area contributed by atoms with Gasteiger partial charge in [0.05, 0.1) is 6.10 Å². The molecule has 2 atom stereocenters. The predicted octanol–water partition coefficient (Wildman–Crippen LogP) is 0.161. The quantitative estimate of drug-likeness (QED) is 0.647. The molecule has 1 N–H and O–H groups in total. The van der Waals surface area contributed by atoms with Crippen LogP contribution in [0.15, 0.2) is 0 Å². The maximum Gasteiger partial charge on any atom is 0.318 e. The van der Waals surface area contributed by atoms with Crippen LogP contribution in [0.5, 0.6) is 0 Å². The van der Waals surface area contributed by atoms with Crippen molar-refractivity contribution in [3.63, 3.8) is 0 Å². The Kier molecular flexibility index (Phi) is 6.11. The molecule has 0 saturated carbocycles. The van der Waals surface area contributed by atoms with E-state index in [-0.39, 0.29) is 11.9 Å². The monoisotopic (exact) mass is 222 g/mol. The fourth-order valence-corrected chi connectivity index (χ4v) is 1.37. The second-order valence-electron chi connectivity index (χ2n) is 2.83. The third-order valence-corrected chi connectivity index (χ3v) is 2.60. The summed E-state index contributed by atoms with van der Waals surface area (Å²) in [4.78, 5) is 21.1. The minimum Gasteiger partial charge on any atom is -0.481 e. The highest BCUT2D eigenvalue weighted by atomic mass is 32.2. The van der Waals surface area contributed by atoms with Crippen molar-refractivity contribution in [2.75, 3.05) is 11.5 Å². The Balaban J connectivity index is 3.82. The molecule has 0 aliphatic heterocycles. The molecule has 0 aromatic rings. The van der Waals surface area contributed by atoms with Gasteiger partial charge in [-0.25, -0.2) is 0 Å². The molecule has 6 heteroatoms. The van der Waals surface area contributed by atoms with E-state index in [0.717, 1.165) is 0 Å². The maximum atomic E-state index is 11.0. The highest BCUT2D eigenvalue weighted by molar-refractivity contribution is 7.86. The van der Waals surface area contributed by atoms with E-state index in [9.17, 15) is 13.8 Å². The topological polar surface area (TPSA) is 80.7 Å². The van der Waals surface area contributed by atoms with Crippen molar-refractivity contribution in [2.45, 2.75) is 26.4 Å². The average Bonchev–Trinajstić information content (AvgIpc) is 2.01. The summed E-state index contributed by atoms with van der Waals surface area (Å²) < 4.78 is 15.8. The van der Waals surface area contributed by atoms with Crippen LogP contribution in [0.2, 0.25) is 0 Å². The van der Waals surface area contributed by atoms with Gasteiger partial charge in [0.15, 0.2) is 0 Å². The molecule has 5 nitrogen and oxygen atoms in total. The summed E-state index contributed by atoms with van der Waals surface area (Å²) in [5.74, 6) is -2.66. The SMILES string of the molecule is CCC(C)OC(=O)CS(=O)CC(=O)O. The molecule has 0 saturated heterocycles. The minimum absolute atomic E-state index is 0.218. The Labute approximate surface area is 84.9 Å². The van der Waals surface area contributed by atoms with E-state index >= 15 is 0 Å². The standard InChI is InChI=1S/C8H14O5S/c1-3-6(2)13-8(11)5-14(12)4-7(9)10/h6H,3-5H2,1-2H3,(H,9,10). The summed E-state index contributed by atoms with van der Waals surface area (Å²) >= 11 is 0. The Hall–Kier alpha value is -0.910. The molecule has 0 heterocycles. The number of carbonyl (C=O) groups is 2. The second-order valence-corrected chi connectivity index (χ2v) is 4.29. The van der Waals surface area contributed by atoms with Crippen LogP contribution in [0.4, 0.5) is 0 Å². The molecule has 0 rings (SSSR count). The van der Waals surface area contributed by atoms with Gasteiger partial charge in [0.2, 0.25) is 0 Å². The van der Waals surface area contributed by atoms with E-state index in [2.05, 4.69) is 0 Å². The van der Waals surface area contributed by atoms with Gasteiger partial charge in [0.1, 0.15) is 11.5 Å². The Morgan fingerprint density at radius 1 is 1.43 bits per heavy atom. The first-order valence-corrected chi connectivity index (χ1v) is 5.70. The van der Waals surface area contributed by atoms with E-state index in [1.807, 2.05) is 6.92 Å². The van der Waals surface area contributed by atoms with Gasteiger partial charge in [-0.05, 0) is 13.3 Å². The largest absolute Gasteiger partial charge is 0.481 e. The van der Waals surface area contributed by atoms with Gasteiger partial charge in [-0.1, -0.05) is 6.92 Å². The lowest BCUT2D eigenvalue weighted by Gasteiger charge is -2.09. The first kappa shape index (κ1) is 13.1. The number of ether oxygens (including phenoxy) is 1. The van der Waals surface area contributed by atoms with E-state index in [1.54, 1.807) is 6.92 Å². The summed E-state index contributed by atoms with van der Waals surface area (Å²) in [6.45, 7) is 3.57. The first-order valence-electron chi connectivity index (χ1n) is 4.22. The van der Waals surface area contributed by atoms with Gasteiger partial charge in [-0.3, -0.25) is 13.8 Å². The third-order valence-electron chi connectivity index (χ3n) is 1.47. The summed E-state index contributed by atoms with van der Waals surface area (Å²) in [6, 6.07) is 0. The maximum absolute atomic E-state index is 11.0. The van der Waals surface area contributed by atoms with Gasteiger partial charge >= 0.3 is 11.9 Å². The molecule has 0 aromatic heterocycles. The lowest BCUT2D eigenvalue weighted by atomic mass is 10.3. The average molecular weight is 222 g/mol. The molecule has 0 fully saturated rings. The number of hydrogen-bond acceptors (Lipinski definition) is 4. The van der Waals surface area contributed by atoms with Gasteiger partial charge in [0.25, 0.3) is 0 Å². The van der Waals surface area contributed by atoms with Crippen LogP contribution in [0.25, 0.3) is 0 Å². The number of carbonyl (C=O) groups excluding carboxylic acids is 1. The fourth-order valence-electron chi connectivity index (χ4n) is 0.662. The molecular formula is C8H14O5S. The van der Waals surface area contributed by atoms with Gasteiger partial charge in [-0.2, -0.15) is 0 Å². The highest BCUT2D eigenvalue weighted by Crippen LogP contribution is 1.97. The zero-order valence-electron chi connectivity index (χ0n) is 8.19. The van der Waals surface area contributed by atoms with Crippen molar-refractivity contribution >= 4 is 22.7 Å². The molecule has 0 amide bonds. The molecule has 0 aromatic carbocycles. The van der Waals surface area contributed by atoms with Crippen LogP contribution in [-0.4, -0.2) is 38.9 Å². The van der Waals surface area contributed by atoms with Crippen LogP contribution in [0.1, 0.15) is 20.3 Å². The number of rotatable bonds is 6. The number of hydrogen-bond donors (Lipinski definition) is 1. The van der Waals surface area contributed by atoms with E-state index in [0.29, 0.717) is 6.42 Å². The van der Waals surface area contributed by atoms with Crippen molar-refractivity contribution in [3.05, 3.63) is 0 Å². The molecule has 0 aliphatic rings. The molecule has 0 spiro atoms. The Morgan fingerprint density at radius 3 is 2.43 bits per heavy atom. The first-order chi connectivity index (χ1) is 6.45. The van der Waals surface area contributed by atoms with Crippen molar-refractivity contribution in [3.8, 4) is 0 Å². The Morgan fingerprint density at radius 2 is 2.00 bits per heavy atom. The van der Waals surface area contributed by atoms with Gasteiger partial charge in [-0.15, -0.1) is 0 Å². The third kappa shape index (κ3) is 6.59. The molecule has 82 valence electrons. The van der Waals surface area contributed by atoms with E-state index in [4.69, 9.17) is 9.84 Å². The van der Waals surface area contributed by atoms with E-state index in [1.165, 1.54) is 0 Å². The van der Waals surface area contributed by atoms with Crippen molar-refractivity contribution in [1.82, 2.24) is 0 Å².